The molecule has 1 aromatic heterocycles. The van der Waals surface area contributed by atoms with Crippen LogP contribution in [-0.2, 0) is 6.54 Å². The van der Waals surface area contributed by atoms with Gasteiger partial charge in [0.2, 0.25) is 0 Å². The van der Waals surface area contributed by atoms with Gasteiger partial charge in [0, 0.05) is 18.2 Å². The maximum Gasteiger partial charge on any atom is 0.252 e. The largest absolute Gasteiger partial charge is 0.497 e. The summed E-state index contributed by atoms with van der Waals surface area (Å²) in [7, 11) is 3.12. The van der Waals surface area contributed by atoms with E-state index in [0.29, 0.717) is 35.8 Å². The van der Waals surface area contributed by atoms with Gasteiger partial charge in [0.25, 0.3) is 5.56 Å². The van der Waals surface area contributed by atoms with Crippen molar-refractivity contribution in [2.24, 2.45) is 16.5 Å². The third kappa shape index (κ3) is 3.93. The van der Waals surface area contributed by atoms with Crippen molar-refractivity contribution in [1.82, 2.24) is 9.55 Å². The Balaban J connectivity index is 2.63. The molecule has 0 saturated heterocycles. The number of hydrogen-bond acceptors (Lipinski definition) is 5. The van der Waals surface area contributed by atoms with Gasteiger partial charge in [0.15, 0.2) is 10.7 Å². The predicted octanol–water partition coefficient (Wildman–Crippen LogP) is 0.863. The van der Waals surface area contributed by atoms with Crippen molar-refractivity contribution >= 4 is 18.2 Å². The first-order valence-corrected chi connectivity index (χ1v) is 7.49. The van der Waals surface area contributed by atoms with Crippen molar-refractivity contribution in [2.75, 3.05) is 20.8 Å². The maximum atomic E-state index is 11.9. The maximum absolute atomic E-state index is 11.9. The molecule has 0 spiro atoms. The lowest BCUT2D eigenvalue weighted by Gasteiger charge is -2.16. The number of aromatic amines is 1. The van der Waals surface area contributed by atoms with Crippen LogP contribution in [0.15, 0.2) is 34.1 Å². The van der Waals surface area contributed by atoms with Crippen LogP contribution in [0.3, 0.4) is 0 Å². The fourth-order valence-electron chi connectivity index (χ4n) is 2.26. The Kier molecular flexibility index (Phi) is 5.59. The fourth-order valence-corrected chi connectivity index (χ4v) is 2.55. The first-order chi connectivity index (χ1) is 11.5. The summed E-state index contributed by atoms with van der Waals surface area (Å²) < 4.78 is 12.7. The topological polar surface area (TPSA) is 121 Å². The zero-order valence-corrected chi connectivity index (χ0v) is 14.2. The Morgan fingerprint density at radius 3 is 2.67 bits per heavy atom. The van der Waals surface area contributed by atoms with Crippen molar-refractivity contribution in [1.29, 1.82) is 0 Å². The Morgan fingerprint density at radius 1 is 1.29 bits per heavy atom. The molecule has 0 aliphatic rings. The summed E-state index contributed by atoms with van der Waals surface area (Å²) in [6.45, 7) is 0.713. The van der Waals surface area contributed by atoms with E-state index in [1.165, 1.54) is 6.07 Å². The second-order valence-corrected chi connectivity index (χ2v) is 5.24. The number of benzene rings is 1. The summed E-state index contributed by atoms with van der Waals surface area (Å²) in [4.78, 5) is 18.4. The van der Waals surface area contributed by atoms with Gasteiger partial charge in [0.1, 0.15) is 11.5 Å². The molecule has 1 heterocycles. The molecule has 2 aromatic rings. The minimum Gasteiger partial charge on any atom is -0.497 e. The number of methoxy groups -OCH3 is 2. The van der Waals surface area contributed by atoms with Crippen LogP contribution < -0.4 is 26.5 Å². The molecule has 0 bridgehead atoms. The number of hydrogen-bond donors (Lipinski definition) is 3. The van der Waals surface area contributed by atoms with Crippen LogP contribution in [0.4, 0.5) is 0 Å². The summed E-state index contributed by atoms with van der Waals surface area (Å²) in [6.07, 6.45) is 0. The lowest BCUT2D eigenvalue weighted by Crippen LogP contribution is -2.24. The van der Waals surface area contributed by atoms with Gasteiger partial charge < -0.3 is 25.5 Å². The number of nitrogens with one attached hydrogen (secondary N) is 1. The highest BCUT2D eigenvalue weighted by atomic mass is 32.1. The van der Waals surface area contributed by atoms with Crippen molar-refractivity contribution in [3.05, 3.63) is 39.4 Å². The SMILES string of the molecule is COc1ccc(OC)c(-c2cc(=O)[nH]c(=S)n2CCN=C(N)N)c1. The molecule has 5 N–H and O–H groups in total. The number of aromatic nitrogens is 2. The lowest BCUT2D eigenvalue weighted by atomic mass is 10.1. The first kappa shape index (κ1) is 17.5. The number of nitrogens with two attached hydrogens (primary N) is 2. The van der Waals surface area contributed by atoms with E-state index in [9.17, 15) is 4.79 Å². The average molecular weight is 349 g/mol. The first-order valence-electron chi connectivity index (χ1n) is 7.08. The van der Waals surface area contributed by atoms with Crippen LogP contribution in [0.2, 0.25) is 0 Å². The number of nitrogens with zero attached hydrogens (tertiary/aromatic N) is 2. The van der Waals surface area contributed by atoms with E-state index in [4.69, 9.17) is 33.2 Å². The highest BCUT2D eigenvalue weighted by molar-refractivity contribution is 7.71. The second-order valence-electron chi connectivity index (χ2n) is 4.85. The molecule has 1 aromatic carbocycles. The van der Waals surface area contributed by atoms with Gasteiger partial charge in [-0.3, -0.25) is 14.8 Å². The van der Waals surface area contributed by atoms with Gasteiger partial charge in [-0.05, 0) is 30.4 Å². The average Bonchev–Trinajstić information content (AvgIpc) is 2.55. The standard InChI is InChI=1S/C15H19N5O3S/c1-22-9-3-4-12(23-2)10(7-9)11-8-13(21)19-15(24)20(11)6-5-18-14(16)17/h3-4,7-8H,5-6H2,1-2H3,(H4,16,17,18)(H,19,21,24). The molecule has 0 atom stereocenters. The van der Waals surface area contributed by atoms with Gasteiger partial charge in [-0.2, -0.15) is 0 Å². The Labute approximate surface area is 143 Å². The molecule has 9 heteroatoms. The summed E-state index contributed by atoms with van der Waals surface area (Å²) in [6, 6.07) is 6.76. The Bertz CT molecular complexity index is 868. The zero-order valence-electron chi connectivity index (χ0n) is 13.4. The van der Waals surface area contributed by atoms with Crippen molar-refractivity contribution in [2.45, 2.75) is 6.54 Å². The lowest BCUT2D eigenvalue weighted by molar-refractivity contribution is 0.404. The zero-order chi connectivity index (χ0) is 17.7. The van der Waals surface area contributed by atoms with E-state index in [1.54, 1.807) is 37.0 Å². The minimum absolute atomic E-state index is 0.00791. The van der Waals surface area contributed by atoms with Crippen LogP contribution in [0, 0.1) is 4.77 Å². The van der Waals surface area contributed by atoms with Crippen LogP contribution in [0.5, 0.6) is 11.5 Å². The third-order valence-electron chi connectivity index (χ3n) is 3.33. The van der Waals surface area contributed by atoms with E-state index >= 15 is 0 Å². The van der Waals surface area contributed by atoms with E-state index in [-0.39, 0.29) is 16.3 Å². The summed E-state index contributed by atoms with van der Waals surface area (Å²) in [5, 5.41) is 0. The van der Waals surface area contributed by atoms with Crippen LogP contribution in [-0.4, -0.2) is 36.3 Å². The number of ether oxygens (including phenoxy) is 2. The number of H-pyrrole nitrogens is 1. The molecule has 2 rings (SSSR count). The van der Waals surface area contributed by atoms with Crippen molar-refractivity contribution < 1.29 is 9.47 Å². The number of rotatable bonds is 6. The molecule has 128 valence electrons. The second kappa shape index (κ2) is 7.64. The quantitative estimate of drug-likeness (QED) is 0.404. The summed E-state index contributed by atoms with van der Waals surface area (Å²) in [5.74, 6) is 1.21. The molecule has 8 nitrogen and oxygen atoms in total. The number of aliphatic imine (C=N–C) groups is 1. The molecule has 0 radical (unpaired) electrons. The minimum atomic E-state index is -0.307. The highest BCUT2D eigenvalue weighted by Gasteiger charge is 2.13. The molecule has 24 heavy (non-hydrogen) atoms. The van der Waals surface area contributed by atoms with Gasteiger partial charge in [-0.25, -0.2) is 0 Å². The van der Waals surface area contributed by atoms with E-state index < -0.39 is 0 Å². The molecule has 0 aliphatic heterocycles. The smallest absolute Gasteiger partial charge is 0.252 e. The molecular formula is C15H19N5O3S. The molecule has 0 fully saturated rings. The fraction of sp³-hybridized carbons (Fsp3) is 0.267. The van der Waals surface area contributed by atoms with E-state index in [2.05, 4.69) is 9.98 Å². The Morgan fingerprint density at radius 2 is 2.04 bits per heavy atom. The van der Waals surface area contributed by atoms with E-state index in [0.717, 1.165) is 0 Å². The third-order valence-corrected chi connectivity index (χ3v) is 3.66. The molecule has 0 aliphatic carbocycles. The van der Waals surface area contributed by atoms with E-state index in [1.807, 2.05) is 0 Å². The van der Waals surface area contributed by atoms with Crippen LogP contribution >= 0.6 is 12.2 Å². The Hall–Kier alpha value is -2.81. The molecule has 0 amide bonds. The van der Waals surface area contributed by atoms with Crippen LogP contribution in [0.25, 0.3) is 11.3 Å². The monoisotopic (exact) mass is 349 g/mol. The van der Waals surface area contributed by atoms with Gasteiger partial charge >= 0.3 is 0 Å². The van der Waals surface area contributed by atoms with Crippen LogP contribution in [0.1, 0.15) is 0 Å². The number of guanidine groups is 1. The predicted molar refractivity (Wildman–Crippen MR) is 95.1 cm³/mol. The summed E-state index contributed by atoms with van der Waals surface area (Å²) in [5.41, 5.74) is 11.7. The summed E-state index contributed by atoms with van der Waals surface area (Å²) >= 11 is 5.27. The normalized spacial score (nSPS) is 10.2. The van der Waals surface area contributed by atoms with Crippen molar-refractivity contribution in [3.8, 4) is 22.8 Å². The highest BCUT2D eigenvalue weighted by Crippen LogP contribution is 2.32. The van der Waals surface area contributed by atoms with Crippen molar-refractivity contribution in [3.63, 3.8) is 0 Å². The molecular weight excluding hydrogens is 330 g/mol. The van der Waals surface area contributed by atoms with Gasteiger partial charge in [-0.1, -0.05) is 0 Å². The molecule has 0 saturated carbocycles. The molecule has 0 unspecified atom stereocenters. The van der Waals surface area contributed by atoms with Gasteiger partial charge in [0.05, 0.1) is 26.5 Å². The van der Waals surface area contributed by atoms with Gasteiger partial charge in [-0.15, -0.1) is 0 Å².